The summed E-state index contributed by atoms with van der Waals surface area (Å²) in [7, 11) is 1.84. The van der Waals surface area contributed by atoms with Crippen LogP contribution in [0.3, 0.4) is 0 Å². The molecule has 0 fully saturated rings. The lowest BCUT2D eigenvalue weighted by atomic mass is 10.1. The minimum atomic E-state index is -0.0576. The van der Waals surface area contributed by atoms with E-state index >= 15 is 0 Å². The summed E-state index contributed by atoms with van der Waals surface area (Å²) in [5, 5.41) is 1.75. The van der Waals surface area contributed by atoms with E-state index in [1.54, 1.807) is 5.01 Å². The summed E-state index contributed by atoms with van der Waals surface area (Å²) in [4.78, 5) is 11.4. The van der Waals surface area contributed by atoms with Crippen LogP contribution in [0.5, 0.6) is 0 Å². The molecule has 0 rings (SSSR count). The van der Waals surface area contributed by atoms with Gasteiger partial charge in [0.2, 0.25) is 0 Å². The predicted molar refractivity (Wildman–Crippen MR) is 55.1 cm³/mol. The van der Waals surface area contributed by atoms with E-state index < -0.39 is 0 Å². The van der Waals surface area contributed by atoms with Crippen molar-refractivity contribution in [1.29, 1.82) is 0 Å². The molecule has 0 bridgehead atoms. The normalized spacial score (nSPS) is 10.2. The number of amides is 1. The van der Waals surface area contributed by atoms with Crippen molar-refractivity contribution in [1.82, 2.24) is 10.4 Å². The van der Waals surface area contributed by atoms with Crippen LogP contribution in [0.2, 0.25) is 0 Å². The lowest BCUT2D eigenvalue weighted by Crippen LogP contribution is -2.39. The van der Waals surface area contributed by atoms with Crippen molar-refractivity contribution in [2.75, 3.05) is 13.6 Å². The SMILES string of the molecule is C=C(CCCC)C(=O)NN(C)CC. The van der Waals surface area contributed by atoms with Crippen LogP contribution in [0.15, 0.2) is 12.2 Å². The molecule has 3 nitrogen and oxygen atoms in total. The summed E-state index contributed by atoms with van der Waals surface area (Å²) in [6.45, 7) is 8.62. The van der Waals surface area contributed by atoms with Gasteiger partial charge in [-0.1, -0.05) is 26.8 Å². The lowest BCUT2D eigenvalue weighted by Gasteiger charge is -2.16. The van der Waals surface area contributed by atoms with Crippen LogP contribution in [-0.4, -0.2) is 24.5 Å². The van der Waals surface area contributed by atoms with Crippen molar-refractivity contribution in [2.45, 2.75) is 33.1 Å². The van der Waals surface area contributed by atoms with E-state index in [4.69, 9.17) is 0 Å². The monoisotopic (exact) mass is 184 g/mol. The number of carbonyl (C=O) groups is 1. The summed E-state index contributed by atoms with van der Waals surface area (Å²) in [5.74, 6) is -0.0576. The van der Waals surface area contributed by atoms with E-state index in [2.05, 4.69) is 18.9 Å². The highest BCUT2D eigenvalue weighted by molar-refractivity contribution is 5.92. The average molecular weight is 184 g/mol. The lowest BCUT2D eigenvalue weighted by molar-refractivity contribution is -0.121. The maximum atomic E-state index is 11.4. The van der Waals surface area contributed by atoms with Crippen molar-refractivity contribution in [2.24, 2.45) is 0 Å². The van der Waals surface area contributed by atoms with Crippen molar-refractivity contribution >= 4 is 5.91 Å². The molecular formula is C10H20N2O. The number of carbonyl (C=O) groups excluding carboxylic acids is 1. The van der Waals surface area contributed by atoms with Gasteiger partial charge in [-0.05, 0) is 12.8 Å². The summed E-state index contributed by atoms with van der Waals surface area (Å²) >= 11 is 0. The summed E-state index contributed by atoms with van der Waals surface area (Å²) in [5.41, 5.74) is 3.40. The Balaban J connectivity index is 3.76. The third-order valence-corrected chi connectivity index (χ3v) is 1.92. The van der Waals surface area contributed by atoms with Crippen LogP contribution in [0, 0.1) is 0 Å². The van der Waals surface area contributed by atoms with Crippen LogP contribution < -0.4 is 5.43 Å². The van der Waals surface area contributed by atoms with Crippen LogP contribution in [0.25, 0.3) is 0 Å². The smallest absolute Gasteiger partial charge is 0.260 e. The maximum Gasteiger partial charge on any atom is 0.260 e. The molecule has 0 atom stereocenters. The van der Waals surface area contributed by atoms with Crippen LogP contribution in [-0.2, 0) is 4.79 Å². The Hall–Kier alpha value is -0.830. The molecule has 0 radical (unpaired) electrons. The molecule has 1 N–H and O–H groups in total. The topological polar surface area (TPSA) is 32.3 Å². The van der Waals surface area contributed by atoms with Crippen molar-refractivity contribution in [3.05, 3.63) is 12.2 Å². The van der Waals surface area contributed by atoms with Crippen molar-refractivity contribution in [3.8, 4) is 0 Å². The van der Waals surface area contributed by atoms with Gasteiger partial charge in [-0.2, -0.15) is 0 Å². The molecular weight excluding hydrogens is 164 g/mol. The second-order valence-corrected chi connectivity index (χ2v) is 3.16. The minimum Gasteiger partial charge on any atom is -0.285 e. The number of hydrogen-bond donors (Lipinski definition) is 1. The maximum absolute atomic E-state index is 11.4. The third kappa shape index (κ3) is 5.42. The quantitative estimate of drug-likeness (QED) is 0.503. The first-order valence-electron chi connectivity index (χ1n) is 4.81. The van der Waals surface area contributed by atoms with E-state index in [1.807, 2.05) is 14.0 Å². The Kier molecular flexibility index (Phi) is 6.24. The highest BCUT2D eigenvalue weighted by Crippen LogP contribution is 2.04. The average Bonchev–Trinajstić information content (AvgIpc) is 2.13. The first-order valence-corrected chi connectivity index (χ1v) is 4.81. The summed E-state index contributed by atoms with van der Waals surface area (Å²) < 4.78 is 0. The van der Waals surface area contributed by atoms with Gasteiger partial charge < -0.3 is 0 Å². The number of rotatable bonds is 6. The van der Waals surface area contributed by atoms with Crippen LogP contribution in [0.4, 0.5) is 0 Å². The van der Waals surface area contributed by atoms with E-state index in [0.29, 0.717) is 5.57 Å². The molecule has 3 heteroatoms. The number of hydrogen-bond acceptors (Lipinski definition) is 2. The van der Waals surface area contributed by atoms with Crippen LogP contribution in [0.1, 0.15) is 33.1 Å². The number of nitrogens with zero attached hydrogens (tertiary/aromatic N) is 1. The first kappa shape index (κ1) is 12.2. The molecule has 13 heavy (non-hydrogen) atoms. The highest BCUT2D eigenvalue weighted by atomic mass is 16.2. The largest absolute Gasteiger partial charge is 0.285 e. The molecule has 0 aromatic rings. The fourth-order valence-corrected chi connectivity index (χ4v) is 0.835. The Labute approximate surface area is 80.8 Å². The zero-order valence-electron chi connectivity index (χ0n) is 8.89. The molecule has 0 spiro atoms. The molecule has 0 aromatic carbocycles. The Morgan fingerprint density at radius 1 is 1.46 bits per heavy atom. The van der Waals surface area contributed by atoms with Gasteiger partial charge in [0.25, 0.3) is 5.91 Å². The summed E-state index contributed by atoms with van der Waals surface area (Å²) in [6.07, 6.45) is 2.91. The molecule has 76 valence electrons. The predicted octanol–water partition coefficient (Wildman–Crippen LogP) is 1.72. The fraction of sp³-hybridized carbons (Fsp3) is 0.700. The fourth-order valence-electron chi connectivity index (χ4n) is 0.835. The molecule has 1 amide bonds. The Morgan fingerprint density at radius 2 is 2.08 bits per heavy atom. The molecule has 0 aliphatic rings. The van der Waals surface area contributed by atoms with Gasteiger partial charge in [0, 0.05) is 19.2 Å². The first-order chi connectivity index (χ1) is 6.11. The van der Waals surface area contributed by atoms with Gasteiger partial charge in [0.15, 0.2) is 0 Å². The highest BCUT2D eigenvalue weighted by Gasteiger charge is 2.06. The third-order valence-electron chi connectivity index (χ3n) is 1.92. The number of unbranched alkanes of at least 4 members (excludes halogenated alkanes) is 1. The van der Waals surface area contributed by atoms with E-state index in [9.17, 15) is 4.79 Å². The van der Waals surface area contributed by atoms with E-state index in [1.165, 1.54) is 0 Å². The molecule has 0 saturated carbocycles. The molecule has 0 saturated heterocycles. The van der Waals surface area contributed by atoms with Gasteiger partial charge >= 0.3 is 0 Å². The zero-order chi connectivity index (χ0) is 10.3. The second-order valence-electron chi connectivity index (χ2n) is 3.16. The molecule has 0 unspecified atom stereocenters. The van der Waals surface area contributed by atoms with E-state index in [0.717, 1.165) is 25.8 Å². The van der Waals surface area contributed by atoms with Gasteiger partial charge in [-0.25, -0.2) is 5.01 Å². The van der Waals surface area contributed by atoms with Gasteiger partial charge in [0.05, 0.1) is 0 Å². The van der Waals surface area contributed by atoms with Gasteiger partial charge in [-0.3, -0.25) is 10.2 Å². The standard InChI is InChI=1S/C10H20N2O/c1-5-7-8-9(3)10(13)11-12(4)6-2/h3,5-8H2,1-2,4H3,(H,11,13). The van der Waals surface area contributed by atoms with E-state index in [-0.39, 0.29) is 5.91 Å². The molecule has 0 heterocycles. The molecule has 0 aliphatic carbocycles. The molecule has 0 aliphatic heterocycles. The number of hydrazine groups is 1. The van der Waals surface area contributed by atoms with Gasteiger partial charge in [0.1, 0.15) is 0 Å². The zero-order valence-corrected chi connectivity index (χ0v) is 8.89. The Bertz CT molecular complexity index is 178. The summed E-state index contributed by atoms with van der Waals surface area (Å²) in [6, 6.07) is 0. The molecule has 0 aromatic heterocycles. The minimum absolute atomic E-state index is 0.0576. The van der Waals surface area contributed by atoms with Crippen molar-refractivity contribution < 1.29 is 4.79 Å². The van der Waals surface area contributed by atoms with Gasteiger partial charge in [-0.15, -0.1) is 0 Å². The van der Waals surface area contributed by atoms with Crippen molar-refractivity contribution in [3.63, 3.8) is 0 Å². The second kappa shape index (κ2) is 6.66. The Morgan fingerprint density at radius 3 is 2.54 bits per heavy atom. The number of nitrogens with one attached hydrogen (secondary N) is 1. The van der Waals surface area contributed by atoms with Crippen LogP contribution >= 0.6 is 0 Å².